The van der Waals surface area contributed by atoms with Gasteiger partial charge in [-0.1, -0.05) is 6.92 Å². The van der Waals surface area contributed by atoms with Crippen molar-refractivity contribution in [2.75, 3.05) is 7.05 Å². The molecule has 3 heteroatoms. The Morgan fingerprint density at radius 3 is 2.38 bits per heavy atom. The van der Waals surface area contributed by atoms with Crippen LogP contribution in [0.3, 0.4) is 0 Å². The van der Waals surface area contributed by atoms with E-state index in [1.165, 1.54) is 4.90 Å². The predicted molar refractivity (Wildman–Crippen MR) is 34.6 cm³/mol. The van der Waals surface area contributed by atoms with Gasteiger partial charge in [0, 0.05) is 13.5 Å². The maximum atomic E-state index is 7.12. The zero-order valence-electron chi connectivity index (χ0n) is 5.23. The Hall–Kier alpha value is -0.860. The van der Waals surface area contributed by atoms with Gasteiger partial charge in [0.2, 0.25) is 0 Å². The monoisotopic (exact) mass is 113 g/mol. The summed E-state index contributed by atoms with van der Waals surface area (Å²) in [5.74, 6) is 0.472. The molecule has 0 aromatic carbocycles. The lowest BCUT2D eigenvalue weighted by molar-refractivity contribution is 0.739. The quantitative estimate of drug-likeness (QED) is 0.406. The fourth-order valence-electron chi connectivity index (χ4n) is 0.327. The lowest BCUT2D eigenvalue weighted by Gasteiger charge is -2.09. The Balaban J connectivity index is 3.62. The summed E-state index contributed by atoms with van der Waals surface area (Å²) in [4.78, 5) is 1.47. The lowest BCUT2D eigenvalue weighted by Crippen LogP contribution is -2.22. The molecule has 0 saturated carbocycles. The van der Waals surface area contributed by atoms with E-state index in [9.17, 15) is 0 Å². The highest BCUT2D eigenvalue weighted by atomic mass is 15.1. The summed E-state index contributed by atoms with van der Waals surface area (Å²) in [7, 11) is 1.69. The van der Waals surface area contributed by atoms with Crippen LogP contribution >= 0.6 is 0 Å². The Bertz CT molecular complexity index is 97.8. The van der Waals surface area contributed by atoms with Crippen LogP contribution in [0, 0.1) is 10.8 Å². The van der Waals surface area contributed by atoms with Gasteiger partial charge in [-0.3, -0.25) is 10.8 Å². The Morgan fingerprint density at radius 1 is 1.75 bits per heavy atom. The highest BCUT2D eigenvalue weighted by Crippen LogP contribution is 1.83. The normalized spacial score (nSPS) is 8.25. The molecular formula is C5H11N3. The summed E-state index contributed by atoms with van der Waals surface area (Å²) in [6.07, 6.45) is 1.82. The van der Waals surface area contributed by atoms with E-state index in [4.69, 9.17) is 10.8 Å². The van der Waals surface area contributed by atoms with E-state index in [-0.39, 0.29) is 0 Å². The lowest BCUT2D eigenvalue weighted by atomic mass is 10.4. The molecule has 0 atom stereocenters. The maximum absolute atomic E-state index is 7.12. The van der Waals surface area contributed by atoms with Crippen LogP contribution in [-0.4, -0.2) is 24.1 Å². The molecule has 0 unspecified atom stereocenters. The molecule has 0 fully saturated rings. The van der Waals surface area contributed by atoms with E-state index in [0.29, 0.717) is 12.3 Å². The highest BCUT2D eigenvalue weighted by Gasteiger charge is 1.93. The number of hydrogen-bond donors (Lipinski definition) is 2. The molecular weight excluding hydrogens is 102 g/mol. The van der Waals surface area contributed by atoms with Gasteiger partial charge in [-0.25, -0.2) is 0 Å². The van der Waals surface area contributed by atoms with E-state index >= 15 is 0 Å². The number of hydrogen-bond acceptors (Lipinski definition) is 2. The third-order valence-electron chi connectivity index (χ3n) is 0.954. The summed E-state index contributed by atoms with van der Waals surface area (Å²) < 4.78 is 0. The highest BCUT2D eigenvalue weighted by molar-refractivity contribution is 5.88. The topological polar surface area (TPSA) is 50.9 Å². The first-order valence-electron chi connectivity index (χ1n) is 2.53. The first kappa shape index (κ1) is 7.14. The van der Waals surface area contributed by atoms with Crippen LogP contribution < -0.4 is 0 Å². The van der Waals surface area contributed by atoms with E-state index in [1.54, 1.807) is 7.05 Å². The molecule has 0 saturated heterocycles. The van der Waals surface area contributed by atoms with Gasteiger partial charge >= 0.3 is 0 Å². The Kier molecular flexibility index (Phi) is 2.84. The number of nitrogens with zero attached hydrogens (tertiary/aromatic N) is 1. The summed E-state index contributed by atoms with van der Waals surface area (Å²) in [6, 6.07) is 0. The van der Waals surface area contributed by atoms with Crippen LogP contribution in [0.15, 0.2) is 0 Å². The van der Waals surface area contributed by atoms with Crippen LogP contribution in [0.5, 0.6) is 0 Å². The SMILES string of the molecule is CCC(=N)N(C)C=N. The van der Waals surface area contributed by atoms with E-state index in [2.05, 4.69) is 0 Å². The van der Waals surface area contributed by atoms with E-state index in [1.807, 2.05) is 6.92 Å². The zero-order chi connectivity index (χ0) is 6.57. The second kappa shape index (κ2) is 3.18. The molecule has 0 aromatic rings. The second-order valence-corrected chi connectivity index (χ2v) is 1.54. The molecule has 0 bridgehead atoms. The third kappa shape index (κ3) is 1.73. The van der Waals surface area contributed by atoms with Gasteiger partial charge in [-0.2, -0.15) is 0 Å². The first-order chi connectivity index (χ1) is 3.72. The molecule has 0 rings (SSSR count). The maximum Gasteiger partial charge on any atom is 0.100 e. The third-order valence-corrected chi connectivity index (χ3v) is 0.954. The van der Waals surface area contributed by atoms with Crippen molar-refractivity contribution in [3.8, 4) is 0 Å². The summed E-state index contributed by atoms with van der Waals surface area (Å²) >= 11 is 0. The Labute approximate surface area is 49.3 Å². The van der Waals surface area contributed by atoms with Gasteiger partial charge < -0.3 is 4.90 Å². The summed E-state index contributed by atoms with van der Waals surface area (Å²) in [6.45, 7) is 1.89. The molecule has 2 N–H and O–H groups in total. The van der Waals surface area contributed by atoms with Crippen molar-refractivity contribution in [1.29, 1.82) is 10.8 Å². The number of nitrogens with one attached hydrogen (secondary N) is 2. The second-order valence-electron chi connectivity index (χ2n) is 1.54. The van der Waals surface area contributed by atoms with Crippen molar-refractivity contribution in [2.45, 2.75) is 13.3 Å². The minimum Gasteiger partial charge on any atom is -0.325 e. The number of rotatable bonds is 2. The molecule has 0 spiro atoms. The van der Waals surface area contributed by atoms with Gasteiger partial charge in [0.1, 0.15) is 5.84 Å². The van der Waals surface area contributed by atoms with Gasteiger partial charge in [0.15, 0.2) is 0 Å². The van der Waals surface area contributed by atoms with Crippen LogP contribution in [0.1, 0.15) is 13.3 Å². The minimum atomic E-state index is 0.472. The van der Waals surface area contributed by atoms with Crippen LogP contribution in [-0.2, 0) is 0 Å². The Morgan fingerprint density at radius 2 is 2.25 bits per heavy atom. The van der Waals surface area contributed by atoms with Gasteiger partial charge in [-0.05, 0) is 0 Å². The fraction of sp³-hybridized carbons (Fsp3) is 0.600. The van der Waals surface area contributed by atoms with Crippen molar-refractivity contribution in [3.05, 3.63) is 0 Å². The standard InChI is InChI=1S/C5H11N3/c1-3-5(7)8(2)4-6/h4,6-7H,3H2,1-2H3. The van der Waals surface area contributed by atoms with Crippen LogP contribution in [0.2, 0.25) is 0 Å². The first-order valence-corrected chi connectivity index (χ1v) is 2.53. The molecule has 8 heavy (non-hydrogen) atoms. The molecule has 0 radical (unpaired) electrons. The van der Waals surface area contributed by atoms with Crippen molar-refractivity contribution < 1.29 is 0 Å². The van der Waals surface area contributed by atoms with E-state index < -0.39 is 0 Å². The number of amidine groups is 1. The van der Waals surface area contributed by atoms with Gasteiger partial charge in [0.25, 0.3) is 0 Å². The van der Waals surface area contributed by atoms with Crippen molar-refractivity contribution in [2.24, 2.45) is 0 Å². The van der Waals surface area contributed by atoms with Crippen molar-refractivity contribution in [1.82, 2.24) is 4.90 Å². The fourth-order valence-corrected chi connectivity index (χ4v) is 0.327. The van der Waals surface area contributed by atoms with Crippen LogP contribution in [0.4, 0.5) is 0 Å². The van der Waals surface area contributed by atoms with Crippen molar-refractivity contribution in [3.63, 3.8) is 0 Å². The van der Waals surface area contributed by atoms with Crippen molar-refractivity contribution >= 4 is 12.2 Å². The molecule has 3 nitrogen and oxygen atoms in total. The predicted octanol–water partition coefficient (Wildman–Crippen LogP) is 0.913. The zero-order valence-corrected chi connectivity index (χ0v) is 5.23. The molecule has 46 valence electrons. The summed E-state index contributed by atoms with van der Waals surface area (Å²) in [5, 5.41) is 13.8. The molecule has 0 aliphatic carbocycles. The summed E-state index contributed by atoms with van der Waals surface area (Å²) in [5.41, 5.74) is 0. The van der Waals surface area contributed by atoms with E-state index in [0.717, 1.165) is 6.34 Å². The molecule has 0 heterocycles. The largest absolute Gasteiger partial charge is 0.325 e. The average Bonchev–Trinajstić information content (AvgIpc) is 1.84. The molecule has 0 aromatic heterocycles. The minimum absolute atomic E-state index is 0.472. The molecule has 0 amide bonds. The van der Waals surface area contributed by atoms with Gasteiger partial charge in [0.05, 0.1) is 6.34 Å². The average molecular weight is 113 g/mol. The molecule has 0 aliphatic heterocycles. The van der Waals surface area contributed by atoms with Crippen LogP contribution in [0.25, 0.3) is 0 Å². The smallest absolute Gasteiger partial charge is 0.100 e. The molecule has 0 aliphatic rings. The van der Waals surface area contributed by atoms with Gasteiger partial charge in [-0.15, -0.1) is 0 Å².